The van der Waals surface area contributed by atoms with E-state index in [1.807, 2.05) is 6.07 Å². The fraction of sp³-hybridized carbons (Fsp3) is 0.667. The molecule has 0 amide bonds. The molecule has 0 spiro atoms. The summed E-state index contributed by atoms with van der Waals surface area (Å²) in [6.45, 7) is 0. The zero-order chi connectivity index (χ0) is 14.6. The molecule has 4 saturated carbocycles. The smallest absolute Gasteiger partial charge is 0.137 e. The highest BCUT2D eigenvalue weighted by molar-refractivity contribution is 9.10. The molecular weight excluding hydrogens is 331 g/mol. The van der Waals surface area contributed by atoms with Gasteiger partial charge in [0.25, 0.3) is 0 Å². The third-order valence-corrected chi connectivity index (χ3v) is 7.09. The predicted molar refractivity (Wildman–Crippen MR) is 84.3 cm³/mol. The lowest BCUT2D eigenvalue weighted by Gasteiger charge is -2.55. The van der Waals surface area contributed by atoms with E-state index in [9.17, 15) is 9.50 Å². The quantitative estimate of drug-likeness (QED) is 0.844. The molecule has 4 aliphatic carbocycles. The Hall–Kier alpha value is -0.410. The normalized spacial score (nSPS) is 38.7. The van der Waals surface area contributed by atoms with Gasteiger partial charge in [0.2, 0.25) is 0 Å². The van der Waals surface area contributed by atoms with Crippen LogP contribution in [0.2, 0.25) is 0 Å². The Labute approximate surface area is 134 Å². The van der Waals surface area contributed by atoms with Crippen LogP contribution in [0.4, 0.5) is 4.39 Å². The maximum Gasteiger partial charge on any atom is 0.137 e. The molecule has 1 aromatic rings. The molecule has 5 rings (SSSR count). The first-order chi connectivity index (χ1) is 10.1. The SMILES string of the molecule is OC(Cc1cccc(F)c1Br)C1C2CC3CC(C2)CC1C3. The number of hydrogen-bond acceptors (Lipinski definition) is 1. The summed E-state index contributed by atoms with van der Waals surface area (Å²) in [5.74, 6) is 3.48. The summed E-state index contributed by atoms with van der Waals surface area (Å²) < 4.78 is 14.2. The average molecular weight is 353 g/mol. The minimum absolute atomic E-state index is 0.232. The van der Waals surface area contributed by atoms with Crippen molar-refractivity contribution in [2.24, 2.45) is 29.6 Å². The Balaban J connectivity index is 1.52. The molecule has 1 aromatic carbocycles. The molecule has 4 bridgehead atoms. The predicted octanol–water partition coefficient (Wildman–Crippen LogP) is 4.56. The Morgan fingerprint density at radius 3 is 2.33 bits per heavy atom. The van der Waals surface area contributed by atoms with Gasteiger partial charge in [-0.2, -0.15) is 0 Å². The zero-order valence-electron chi connectivity index (χ0n) is 12.1. The highest BCUT2D eigenvalue weighted by Gasteiger charge is 2.50. The van der Waals surface area contributed by atoms with Crippen molar-refractivity contribution in [3.63, 3.8) is 0 Å². The summed E-state index contributed by atoms with van der Waals surface area (Å²) >= 11 is 3.32. The van der Waals surface area contributed by atoms with E-state index in [2.05, 4.69) is 15.9 Å². The van der Waals surface area contributed by atoms with Gasteiger partial charge in [-0.25, -0.2) is 4.39 Å². The standard InChI is InChI=1S/C18H22BrFO/c19-18-12(2-1-3-15(18)20)9-16(21)17-13-5-10-4-11(7-13)8-14(17)6-10/h1-3,10-11,13-14,16-17,21H,4-9H2. The molecule has 3 heteroatoms. The van der Waals surface area contributed by atoms with Crippen LogP contribution in [0.3, 0.4) is 0 Å². The molecule has 0 radical (unpaired) electrons. The molecule has 0 aromatic heterocycles. The van der Waals surface area contributed by atoms with E-state index in [0.717, 1.165) is 17.4 Å². The summed E-state index contributed by atoms with van der Waals surface area (Å²) in [5, 5.41) is 10.8. The van der Waals surface area contributed by atoms with E-state index < -0.39 is 0 Å². The van der Waals surface area contributed by atoms with Gasteiger partial charge in [0, 0.05) is 0 Å². The van der Waals surface area contributed by atoms with Crippen LogP contribution in [0.1, 0.15) is 37.7 Å². The molecule has 0 saturated heterocycles. The third-order valence-electron chi connectivity index (χ3n) is 6.20. The van der Waals surface area contributed by atoms with Crippen molar-refractivity contribution < 1.29 is 9.50 Å². The summed E-state index contributed by atoms with van der Waals surface area (Å²) in [6.07, 6.45) is 6.96. The lowest BCUT2D eigenvalue weighted by Crippen LogP contribution is -2.49. The van der Waals surface area contributed by atoms with E-state index in [1.165, 1.54) is 38.2 Å². The van der Waals surface area contributed by atoms with Gasteiger partial charge in [0.15, 0.2) is 0 Å². The molecule has 21 heavy (non-hydrogen) atoms. The fourth-order valence-electron chi connectivity index (χ4n) is 5.66. The second-order valence-electron chi connectivity index (χ2n) is 7.49. The van der Waals surface area contributed by atoms with Gasteiger partial charge < -0.3 is 5.11 Å². The second kappa shape index (κ2) is 5.34. The number of benzene rings is 1. The molecule has 4 fully saturated rings. The fourth-order valence-corrected chi connectivity index (χ4v) is 6.09. The van der Waals surface area contributed by atoms with Crippen LogP contribution in [-0.2, 0) is 6.42 Å². The van der Waals surface area contributed by atoms with Crippen LogP contribution in [0, 0.1) is 35.4 Å². The molecule has 0 aliphatic heterocycles. The van der Waals surface area contributed by atoms with Crippen molar-refractivity contribution in [3.05, 3.63) is 34.1 Å². The van der Waals surface area contributed by atoms with Gasteiger partial charge in [0.1, 0.15) is 5.82 Å². The van der Waals surface area contributed by atoms with Gasteiger partial charge in [0.05, 0.1) is 10.6 Å². The summed E-state index contributed by atoms with van der Waals surface area (Å²) in [4.78, 5) is 0. The van der Waals surface area contributed by atoms with Crippen LogP contribution in [0.25, 0.3) is 0 Å². The Kier molecular flexibility index (Phi) is 3.61. The molecule has 0 heterocycles. The van der Waals surface area contributed by atoms with Gasteiger partial charge in [-0.05, 0) is 95.7 Å². The van der Waals surface area contributed by atoms with Gasteiger partial charge in [-0.3, -0.25) is 0 Å². The monoisotopic (exact) mass is 352 g/mol. The Morgan fingerprint density at radius 2 is 1.71 bits per heavy atom. The first-order valence-corrected chi connectivity index (χ1v) is 9.02. The zero-order valence-corrected chi connectivity index (χ0v) is 13.7. The number of aliphatic hydroxyl groups excluding tert-OH is 1. The molecule has 1 nitrogen and oxygen atoms in total. The van der Waals surface area contributed by atoms with Crippen molar-refractivity contribution >= 4 is 15.9 Å². The average Bonchev–Trinajstić information content (AvgIpc) is 2.42. The largest absolute Gasteiger partial charge is 0.392 e. The molecule has 4 aliphatic rings. The van der Waals surface area contributed by atoms with Gasteiger partial charge >= 0.3 is 0 Å². The van der Waals surface area contributed by atoms with Crippen molar-refractivity contribution in [2.45, 2.75) is 44.6 Å². The second-order valence-corrected chi connectivity index (χ2v) is 8.29. The van der Waals surface area contributed by atoms with Crippen molar-refractivity contribution in [1.82, 2.24) is 0 Å². The number of aliphatic hydroxyl groups is 1. The summed E-state index contributed by atoms with van der Waals surface area (Å²) in [7, 11) is 0. The van der Waals surface area contributed by atoms with Crippen molar-refractivity contribution in [3.8, 4) is 0 Å². The van der Waals surface area contributed by atoms with E-state index in [-0.39, 0.29) is 11.9 Å². The number of hydrogen-bond donors (Lipinski definition) is 1. The summed E-state index contributed by atoms with van der Waals surface area (Å²) in [6, 6.07) is 5.12. The van der Waals surface area contributed by atoms with E-state index in [1.54, 1.807) is 6.07 Å². The highest BCUT2D eigenvalue weighted by atomic mass is 79.9. The molecule has 1 unspecified atom stereocenters. The van der Waals surface area contributed by atoms with Crippen LogP contribution in [0.5, 0.6) is 0 Å². The highest BCUT2D eigenvalue weighted by Crippen LogP contribution is 2.57. The van der Waals surface area contributed by atoms with Gasteiger partial charge in [-0.1, -0.05) is 12.1 Å². The molecular formula is C18H22BrFO. The maximum absolute atomic E-state index is 13.6. The van der Waals surface area contributed by atoms with Crippen LogP contribution >= 0.6 is 15.9 Å². The van der Waals surface area contributed by atoms with Gasteiger partial charge in [-0.15, -0.1) is 0 Å². The Bertz CT molecular complexity index is 516. The van der Waals surface area contributed by atoms with E-state index in [0.29, 0.717) is 28.6 Å². The first kappa shape index (κ1) is 14.2. The van der Waals surface area contributed by atoms with Crippen LogP contribution in [-0.4, -0.2) is 11.2 Å². The Morgan fingerprint density at radius 1 is 1.10 bits per heavy atom. The number of rotatable bonds is 3. The van der Waals surface area contributed by atoms with Crippen LogP contribution in [0.15, 0.2) is 22.7 Å². The van der Waals surface area contributed by atoms with E-state index in [4.69, 9.17) is 0 Å². The lowest BCUT2D eigenvalue weighted by molar-refractivity contribution is -0.0888. The van der Waals surface area contributed by atoms with Crippen LogP contribution < -0.4 is 0 Å². The molecule has 1 atom stereocenters. The minimum Gasteiger partial charge on any atom is -0.392 e. The topological polar surface area (TPSA) is 20.2 Å². The minimum atomic E-state index is -0.321. The first-order valence-electron chi connectivity index (χ1n) is 8.22. The van der Waals surface area contributed by atoms with E-state index >= 15 is 0 Å². The maximum atomic E-state index is 13.6. The summed E-state index contributed by atoms with van der Waals surface area (Å²) in [5.41, 5.74) is 0.899. The molecule has 1 N–H and O–H groups in total. The third kappa shape index (κ3) is 2.46. The lowest BCUT2D eigenvalue weighted by atomic mass is 9.50. The van der Waals surface area contributed by atoms with Crippen molar-refractivity contribution in [2.75, 3.05) is 0 Å². The number of halogens is 2. The van der Waals surface area contributed by atoms with Crippen molar-refractivity contribution in [1.29, 1.82) is 0 Å². The molecule has 114 valence electrons.